The molecular formula is C25H30Cl2N2O6S. The van der Waals surface area contributed by atoms with E-state index >= 15 is 0 Å². The van der Waals surface area contributed by atoms with Crippen LogP contribution >= 0.6 is 23.2 Å². The van der Waals surface area contributed by atoms with Crippen LogP contribution in [0.3, 0.4) is 0 Å². The van der Waals surface area contributed by atoms with Crippen molar-refractivity contribution in [1.82, 2.24) is 10.4 Å². The molecule has 0 bridgehead atoms. The number of hydroxylamine groups is 1. The third kappa shape index (κ3) is 6.20. The summed E-state index contributed by atoms with van der Waals surface area (Å²) in [5, 5.41) is 10.00. The molecule has 0 radical (unpaired) electrons. The lowest BCUT2D eigenvalue weighted by Gasteiger charge is -2.47. The highest BCUT2D eigenvalue weighted by Gasteiger charge is 2.47. The zero-order valence-electron chi connectivity index (χ0n) is 20.4. The maximum Gasteiger partial charge on any atom is 0.253 e. The lowest BCUT2D eigenvalue weighted by atomic mass is 9.90. The van der Waals surface area contributed by atoms with Crippen LogP contribution in [0.4, 0.5) is 0 Å². The van der Waals surface area contributed by atoms with Gasteiger partial charge in [0.2, 0.25) is 5.91 Å². The summed E-state index contributed by atoms with van der Waals surface area (Å²) >= 11 is 12.4. The Bertz CT molecular complexity index is 1210. The molecule has 4 atom stereocenters. The second-order valence-corrected chi connectivity index (χ2v) is 13.5. The lowest BCUT2D eigenvalue weighted by Crippen LogP contribution is -2.56. The summed E-state index contributed by atoms with van der Waals surface area (Å²) in [5.74, 6) is -1.67. The lowest BCUT2D eigenvalue weighted by molar-refractivity contribution is -0.180. The SMILES string of the molecule is CC(CS(=O)(=O)C(C)(C)C)N1C(=O)[C@H](CC(=O)NO)O[C@H](c2cccc(Cl)c2)[C@H]1c1ccc(Cl)cc1. The summed E-state index contributed by atoms with van der Waals surface area (Å²) in [6.07, 6.45) is -2.50. The molecule has 1 aliphatic heterocycles. The van der Waals surface area contributed by atoms with Crippen molar-refractivity contribution < 1.29 is 28.0 Å². The molecule has 1 saturated heterocycles. The Kier molecular flexibility index (Phi) is 8.73. The van der Waals surface area contributed by atoms with Crippen LogP contribution in [0.1, 0.15) is 57.4 Å². The number of morpholine rings is 1. The zero-order valence-corrected chi connectivity index (χ0v) is 22.8. The van der Waals surface area contributed by atoms with Crippen LogP contribution in [0.25, 0.3) is 0 Å². The van der Waals surface area contributed by atoms with Crippen LogP contribution < -0.4 is 5.48 Å². The molecule has 0 saturated carbocycles. The Hall–Kier alpha value is -2.17. The number of sulfone groups is 1. The monoisotopic (exact) mass is 556 g/mol. The van der Waals surface area contributed by atoms with Crippen molar-refractivity contribution in [3.63, 3.8) is 0 Å². The van der Waals surface area contributed by atoms with Gasteiger partial charge in [0.15, 0.2) is 9.84 Å². The predicted molar refractivity (Wildman–Crippen MR) is 138 cm³/mol. The number of amides is 2. The number of carbonyl (C=O) groups excluding carboxylic acids is 2. The first-order valence-electron chi connectivity index (χ1n) is 11.4. The van der Waals surface area contributed by atoms with Crippen LogP contribution in [0, 0.1) is 0 Å². The summed E-state index contributed by atoms with van der Waals surface area (Å²) in [7, 11) is -3.61. The standard InChI is InChI=1S/C25H30Cl2N2O6S/c1-15(14-36(33,34)25(2,3)4)29-22(16-8-10-18(26)11-9-16)23(17-6-5-7-19(27)12-17)35-20(24(29)31)13-21(30)28-32/h5-12,15,20,22-23,32H,13-14H2,1-4H3,(H,28,30)/t15?,20-,22+,23+/m0/s1. The van der Waals surface area contributed by atoms with Gasteiger partial charge in [-0.3, -0.25) is 14.8 Å². The van der Waals surface area contributed by atoms with Crippen molar-refractivity contribution in [3.05, 3.63) is 69.7 Å². The first kappa shape index (κ1) is 28.4. The number of hydrogen-bond donors (Lipinski definition) is 2. The van der Waals surface area contributed by atoms with Crippen LogP contribution in [-0.2, 0) is 24.2 Å². The van der Waals surface area contributed by atoms with Gasteiger partial charge in [0.05, 0.1) is 23.0 Å². The van der Waals surface area contributed by atoms with Gasteiger partial charge >= 0.3 is 0 Å². The molecule has 0 aliphatic carbocycles. The number of benzene rings is 2. The van der Waals surface area contributed by atoms with E-state index in [9.17, 15) is 18.0 Å². The third-order valence-electron chi connectivity index (χ3n) is 6.18. The fraction of sp³-hybridized carbons (Fsp3) is 0.440. The van der Waals surface area contributed by atoms with E-state index < -0.39 is 57.1 Å². The molecule has 1 fully saturated rings. The Morgan fingerprint density at radius 2 is 1.75 bits per heavy atom. The molecule has 2 N–H and O–H groups in total. The van der Waals surface area contributed by atoms with Crippen LogP contribution in [-0.4, -0.2) is 53.0 Å². The zero-order chi connectivity index (χ0) is 26.8. The number of hydrogen-bond acceptors (Lipinski definition) is 6. The average Bonchev–Trinajstić information content (AvgIpc) is 2.79. The van der Waals surface area contributed by atoms with E-state index in [0.717, 1.165) is 0 Å². The molecule has 2 amide bonds. The van der Waals surface area contributed by atoms with Crippen LogP contribution in [0.15, 0.2) is 48.5 Å². The fourth-order valence-electron chi connectivity index (χ4n) is 4.19. The molecule has 3 rings (SSSR count). The predicted octanol–water partition coefficient (Wildman–Crippen LogP) is 4.50. The highest BCUT2D eigenvalue weighted by atomic mass is 35.5. The third-order valence-corrected chi connectivity index (χ3v) is 9.45. The van der Waals surface area contributed by atoms with E-state index in [0.29, 0.717) is 21.2 Å². The van der Waals surface area contributed by atoms with Crippen molar-refractivity contribution in [2.75, 3.05) is 5.75 Å². The van der Waals surface area contributed by atoms with Gasteiger partial charge in [0.1, 0.15) is 12.2 Å². The number of nitrogens with zero attached hydrogens (tertiary/aromatic N) is 1. The van der Waals surface area contributed by atoms with Gasteiger partial charge in [-0.15, -0.1) is 0 Å². The molecule has 11 heteroatoms. The van der Waals surface area contributed by atoms with Gasteiger partial charge in [0.25, 0.3) is 5.91 Å². The Morgan fingerprint density at radius 1 is 1.11 bits per heavy atom. The summed E-state index contributed by atoms with van der Waals surface area (Å²) in [6.45, 7) is 6.48. The Balaban J connectivity index is 2.17. The number of halogens is 2. The van der Waals surface area contributed by atoms with Gasteiger partial charge in [-0.25, -0.2) is 13.9 Å². The summed E-state index contributed by atoms with van der Waals surface area (Å²) < 4.78 is 31.4. The second-order valence-electron chi connectivity index (χ2n) is 9.82. The minimum absolute atomic E-state index is 0.298. The molecular weight excluding hydrogens is 527 g/mol. The molecule has 1 unspecified atom stereocenters. The maximum atomic E-state index is 13.7. The van der Waals surface area contributed by atoms with Crippen LogP contribution in [0.2, 0.25) is 10.0 Å². The number of carbonyl (C=O) groups is 2. The molecule has 1 heterocycles. The Labute approximate surface area is 221 Å². The molecule has 1 aliphatic rings. The van der Waals surface area contributed by atoms with E-state index in [4.69, 9.17) is 33.1 Å². The van der Waals surface area contributed by atoms with Gasteiger partial charge < -0.3 is 9.64 Å². The largest absolute Gasteiger partial charge is 0.357 e. The smallest absolute Gasteiger partial charge is 0.253 e. The molecule has 0 aromatic heterocycles. The molecule has 2 aromatic carbocycles. The van der Waals surface area contributed by atoms with E-state index in [1.165, 1.54) is 10.4 Å². The highest BCUT2D eigenvalue weighted by Crippen LogP contribution is 2.44. The number of rotatable bonds is 7. The van der Waals surface area contributed by atoms with Gasteiger partial charge in [-0.1, -0.05) is 47.5 Å². The topological polar surface area (TPSA) is 113 Å². The minimum atomic E-state index is -3.61. The number of nitrogens with one attached hydrogen (secondary N) is 1. The van der Waals surface area contributed by atoms with Crippen LogP contribution in [0.5, 0.6) is 0 Å². The average molecular weight is 557 g/mol. The van der Waals surface area contributed by atoms with Gasteiger partial charge in [-0.05, 0) is 63.1 Å². The van der Waals surface area contributed by atoms with Crippen molar-refractivity contribution >= 4 is 44.9 Å². The molecule has 196 valence electrons. The van der Waals surface area contributed by atoms with E-state index in [2.05, 4.69) is 0 Å². The van der Waals surface area contributed by atoms with E-state index in [1.807, 2.05) is 0 Å². The molecule has 36 heavy (non-hydrogen) atoms. The highest BCUT2D eigenvalue weighted by molar-refractivity contribution is 7.92. The van der Waals surface area contributed by atoms with Crippen molar-refractivity contribution in [2.24, 2.45) is 0 Å². The first-order valence-corrected chi connectivity index (χ1v) is 13.8. The molecule has 8 nitrogen and oxygen atoms in total. The van der Waals surface area contributed by atoms with Gasteiger partial charge in [-0.2, -0.15) is 0 Å². The minimum Gasteiger partial charge on any atom is -0.357 e. The van der Waals surface area contributed by atoms with E-state index in [-0.39, 0.29) is 5.75 Å². The Morgan fingerprint density at radius 3 is 2.31 bits per heavy atom. The summed E-state index contributed by atoms with van der Waals surface area (Å²) in [6, 6.07) is 12.3. The van der Waals surface area contributed by atoms with E-state index in [1.54, 1.807) is 76.2 Å². The number of ether oxygens (including phenoxy) is 1. The van der Waals surface area contributed by atoms with Crippen molar-refractivity contribution in [3.8, 4) is 0 Å². The van der Waals surface area contributed by atoms with Crippen molar-refractivity contribution in [2.45, 2.75) is 63.2 Å². The van der Waals surface area contributed by atoms with Crippen molar-refractivity contribution in [1.29, 1.82) is 0 Å². The second kappa shape index (κ2) is 11.1. The van der Waals surface area contributed by atoms with Gasteiger partial charge in [0, 0.05) is 16.1 Å². The quantitative estimate of drug-likeness (QED) is 0.383. The summed E-state index contributed by atoms with van der Waals surface area (Å²) in [5.41, 5.74) is 2.83. The summed E-state index contributed by atoms with van der Waals surface area (Å²) in [4.78, 5) is 27.2. The fourth-order valence-corrected chi connectivity index (χ4v) is 5.81. The molecule has 0 spiro atoms. The maximum absolute atomic E-state index is 13.7. The molecule has 2 aromatic rings. The first-order chi connectivity index (χ1) is 16.7. The normalized spacial score (nSPS) is 21.8.